The number of rotatable bonds is 5. The van der Waals surface area contributed by atoms with Gasteiger partial charge in [0.25, 0.3) is 11.5 Å². The van der Waals surface area contributed by atoms with Crippen molar-refractivity contribution in [2.75, 3.05) is 31.1 Å². The van der Waals surface area contributed by atoms with E-state index in [2.05, 4.69) is 14.9 Å². The summed E-state index contributed by atoms with van der Waals surface area (Å²) in [7, 11) is 0. The van der Waals surface area contributed by atoms with Gasteiger partial charge in [0, 0.05) is 55.0 Å². The van der Waals surface area contributed by atoms with Crippen LogP contribution < -0.4 is 16.1 Å². The molecule has 1 aliphatic heterocycles. The number of fused-ring (bicyclic) bond motifs is 1. The van der Waals surface area contributed by atoms with Gasteiger partial charge in [-0.1, -0.05) is 24.6 Å². The lowest BCUT2D eigenvalue weighted by atomic mass is 10.1. The number of amides is 1. The summed E-state index contributed by atoms with van der Waals surface area (Å²) in [5, 5.41) is 0.883. The van der Waals surface area contributed by atoms with Crippen LogP contribution >= 0.6 is 11.6 Å². The highest BCUT2D eigenvalue weighted by molar-refractivity contribution is 6.30. The van der Waals surface area contributed by atoms with Gasteiger partial charge in [-0.05, 0) is 43.5 Å². The predicted molar refractivity (Wildman–Crippen MR) is 128 cm³/mol. The average Bonchev–Trinajstić information content (AvgIpc) is 3.66. The number of H-pyrrole nitrogens is 1. The van der Waals surface area contributed by atoms with Gasteiger partial charge in [-0.2, -0.15) is 0 Å². The van der Waals surface area contributed by atoms with Gasteiger partial charge >= 0.3 is 5.69 Å². The van der Waals surface area contributed by atoms with Crippen LogP contribution in [0.4, 0.5) is 5.69 Å². The number of anilines is 1. The highest BCUT2D eigenvalue weighted by Crippen LogP contribution is 2.40. The van der Waals surface area contributed by atoms with E-state index in [0.29, 0.717) is 55.4 Å². The lowest BCUT2D eigenvalue weighted by Gasteiger charge is -2.36. The molecular weight excluding hydrogens is 442 g/mol. The molecule has 0 atom stereocenters. The van der Waals surface area contributed by atoms with Crippen molar-refractivity contribution in [1.82, 2.24) is 19.4 Å². The van der Waals surface area contributed by atoms with E-state index in [1.54, 1.807) is 11.0 Å². The molecule has 33 heavy (non-hydrogen) atoms. The molecule has 1 aliphatic carbocycles. The monoisotopic (exact) mass is 467 g/mol. The molecule has 1 N–H and O–H groups in total. The summed E-state index contributed by atoms with van der Waals surface area (Å²) in [6, 6.07) is 9.45. The smallest absolute Gasteiger partial charge is 0.329 e. The number of piperazine rings is 1. The number of halogens is 1. The zero-order valence-electron chi connectivity index (χ0n) is 18.5. The van der Waals surface area contributed by atoms with E-state index in [1.165, 1.54) is 4.57 Å². The summed E-state index contributed by atoms with van der Waals surface area (Å²) in [6.07, 6.45) is 2.72. The summed E-state index contributed by atoms with van der Waals surface area (Å²) in [6.45, 7) is 4.78. The highest BCUT2D eigenvalue weighted by Gasteiger charge is 2.31. The first-order valence-electron chi connectivity index (χ1n) is 11.4. The van der Waals surface area contributed by atoms with Crippen molar-refractivity contribution < 1.29 is 4.79 Å². The van der Waals surface area contributed by atoms with E-state index in [-0.39, 0.29) is 17.2 Å². The normalized spacial score (nSPS) is 16.4. The number of nitrogens with one attached hydrogen (secondary N) is 1. The Morgan fingerprint density at radius 1 is 1.15 bits per heavy atom. The second kappa shape index (κ2) is 8.67. The first kappa shape index (κ1) is 21.7. The molecule has 3 aromatic rings. The summed E-state index contributed by atoms with van der Waals surface area (Å²) >= 11 is 6.13. The number of aromatic nitrogens is 3. The van der Waals surface area contributed by atoms with Crippen LogP contribution in [-0.2, 0) is 6.54 Å². The lowest BCUT2D eigenvalue weighted by Crippen LogP contribution is -2.49. The van der Waals surface area contributed by atoms with Crippen LogP contribution in [0.25, 0.3) is 11.0 Å². The van der Waals surface area contributed by atoms with Crippen LogP contribution in [0.1, 0.15) is 48.2 Å². The molecule has 0 spiro atoms. The summed E-state index contributed by atoms with van der Waals surface area (Å²) < 4.78 is 1.48. The molecule has 8 nitrogen and oxygen atoms in total. The zero-order chi connectivity index (χ0) is 23.1. The quantitative estimate of drug-likeness (QED) is 0.622. The van der Waals surface area contributed by atoms with Gasteiger partial charge in [0.05, 0.1) is 10.9 Å². The van der Waals surface area contributed by atoms with E-state index in [9.17, 15) is 14.4 Å². The van der Waals surface area contributed by atoms with E-state index in [4.69, 9.17) is 11.6 Å². The number of aromatic amines is 1. The molecule has 5 rings (SSSR count). The molecule has 2 aliphatic rings. The van der Waals surface area contributed by atoms with E-state index < -0.39 is 11.2 Å². The molecule has 2 aromatic heterocycles. The minimum absolute atomic E-state index is 0.192. The fourth-order valence-corrected chi connectivity index (χ4v) is 4.68. The van der Waals surface area contributed by atoms with Crippen molar-refractivity contribution >= 4 is 34.2 Å². The fourth-order valence-electron chi connectivity index (χ4n) is 4.49. The van der Waals surface area contributed by atoms with Crippen LogP contribution in [0.15, 0.2) is 39.9 Å². The van der Waals surface area contributed by atoms with Gasteiger partial charge in [0.2, 0.25) is 0 Å². The summed E-state index contributed by atoms with van der Waals surface area (Å²) in [5.41, 5.74) is 1.43. The molecule has 0 radical (unpaired) electrons. The number of carbonyl (C=O) groups excluding carboxylic acids is 1. The number of nitrogens with zero attached hydrogens (tertiary/aromatic N) is 4. The standard InChI is InChI=1S/C24H26ClN5O3/c1-2-8-30-21-20(22(31)27-24(30)33)18(14-19(26-21)15-6-7-15)23(32)29-11-9-28(10-12-29)17-5-3-4-16(25)13-17/h3-5,13-15H,2,6-12H2,1H3,(H,27,31,33). The molecule has 1 saturated heterocycles. The van der Waals surface area contributed by atoms with Crippen molar-refractivity contribution in [2.24, 2.45) is 0 Å². The Balaban J connectivity index is 1.50. The number of hydrogen-bond acceptors (Lipinski definition) is 5. The van der Waals surface area contributed by atoms with Crippen LogP contribution in [0.3, 0.4) is 0 Å². The molecule has 0 unspecified atom stereocenters. The molecular formula is C24H26ClN5O3. The number of aryl methyl sites for hydroxylation is 1. The second-order valence-corrected chi connectivity index (χ2v) is 9.17. The molecule has 0 bridgehead atoms. The predicted octanol–water partition coefficient (Wildman–Crippen LogP) is 2.99. The van der Waals surface area contributed by atoms with Gasteiger partial charge < -0.3 is 9.80 Å². The van der Waals surface area contributed by atoms with Crippen molar-refractivity contribution in [3.63, 3.8) is 0 Å². The molecule has 172 valence electrons. The van der Waals surface area contributed by atoms with E-state index in [1.807, 2.05) is 31.2 Å². The topological polar surface area (TPSA) is 91.3 Å². The third-order valence-corrected chi connectivity index (χ3v) is 6.62. The first-order valence-corrected chi connectivity index (χ1v) is 11.8. The molecule has 2 fully saturated rings. The lowest BCUT2D eigenvalue weighted by molar-refractivity contribution is 0.0748. The maximum Gasteiger partial charge on any atom is 0.329 e. The fraction of sp³-hybridized carbons (Fsp3) is 0.417. The molecule has 1 aromatic carbocycles. The van der Waals surface area contributed by atoms with Gasteiger partial charge in [0.1, 0.15) is 0 Å². The Labute approximate surface area is 195 Å². The van der Waals surface area contributed by atoms with Crippen LogP contribution in [0, 0.1) is 0 Å². The van der Waals surface area contributed by atoms with Gasteiger partial charge in [-0.25, -0.2) is 9.78 Å². The van der Waals surface area contributed by atoms with Crippen LogP contribution in [0.2, 0.25) is 5.02 Å². The zero-order valence-corrected chi connectivity index (χ0v) is 19.3. The average molecular weight is 468 g/mol. The minimum atomic E-state index is -0.557. The Hall–Kier alpha value is -3.13. The van der Waals surface area contributed by atoms with Crippen molar-refractivity contribution in [1.29, 1.82) is 0 Å². The van der Waals surface area contributed by atoms with E-state index >= 15 is 0 Å². The van der Waals surface area contributed by atoms with Crippen LogP contribution in [-0.4, -0.2) is 51.5 Å². The van der Waals surface area contributed by atoms with Gasteiger partial charge in [0.15, 0.2) is 5.65 Å². The van der Waals surface area contributed by atoms with Gasteiger partial charge in [-0.3, -0.25) is 19.1 Å². The maximum absolute atomic E-state index is 13.6. The SMILES string of the molecule is CCCn1c(=O)[nH]c(=O)c2c(C(=O)N3CCN(c4cccc(Cl)c4)CC3)cc(C3CC3)nc21. The van der Waals surface area contributed by atoms with Crippen molar-refractivity contribution in [3.05, 3.63) is 67.4 Å². The number of pyridine rings is 1. The number of hydrogen-bond donors (Lipinski definition) is 1. The third-order valence-electron chi connectivity index (χ3n) is 6.38. The summed E-state index contributed by atoms with van der Waals surface area (Å²) in [4.78, 5) is 50.0. The van der Waals surface area contributed by atoms with Gasteiger partial charge in [-0.15, -0.1) is 0 Å². The molecule has 1 saturated carbocycles. The Morgan fingerprint density at radius 3 is 2.58 bits per heavy atom. The van der Waals surface area contributed by atoms with Crippen molar-refractivity contribution in [3.8, 4) is 0 Å². The Kier molecular flexibility index (Phi) is 5.70. The molecule has 1 amide bonds. The first-order chi connectivity index (χ1) is 16.0. The molecule has 3 heterocycles. The molecule has 9 heteroatoms. The maximum atomic E-state index is 13.6. The van der Waals surface area contributed by atoms with E-state index in [0.717, 1.165) is 24.2 Å². The Bertz CT molecular complexity index is 1340. The number of benzene rings is 1. The minimum Gasteiger partial charge on any atom is -0.368 e. The Morgan fingerprint density at radius 2 is 1.91 bits per heavy atom. The highest BCUT2D eigenvalue weighted by atomic mass is 35.5. The summed E-state index contributed by atoms with van der Waals surface area (Å²) in [5.74, 6) is 0.0901. The second-order valence-electron chi connectivity index (χ2n) is 8.74. The van der Waals surface area contributed by atoms with Crippen LogP contribution in [0.5, 0.6) is 0 Å². The van der Waals surface area contributed by atoms with Crippen molar-refractivity contribution in [2.45, 2.75) is 38.6 Å². The number of carbonyl (C=O) groups is 1. The third kappa shape index (κ3) is 4.15. The largest absolute Gasteiger partial charge is 0.368 e.